The zero-order chi connectivity index (χ0) is 22.3. The predicted molar refractivity (Wildman–Crippen MR) is 120 cm³/mol. The first-order valence-corrected chi connectivity index (χ1v) is 10.3. The SMILES string of the molecule is CC(C)(C)n1cc(C(=O)O)c(=O)c2cc(F)c(N3CCNCC3c3ccccc3)cc21. The van der Waals surface area contributed by atoms with E-state index in [0.29, 0.717) is 30.8 Å². The van der Waals surface area contributed by atoms with E-state index in [2.05, 4.69) is 5.32 Å². The van der Waals surface area contributed by atoms with Crippen molar-refractivity contribution in [2.45, 2.75) is 32.4 Å². The number of aromatic carboxylic acids is 1. The number of piperazine rings is 1. The molecule has 0 spiro atoms. The summed E-state index contributed by atoms with van der Waals surface area (Å²) in [5.41, 5.74) is 0.455. The van der Waals surface area contributed by atoms with Gasteiger partial charge in [0.2, 0.25) is 5.43 Å². The van der Waals surface area contributed by atoms with Crippen LogP contribution in [0.5, 0.6) is 0 Å². The minimum Gasteiger partial charge on any atom is -0.477 e. The summed E-state index contributed by atoms with van der Waals surface area (Å²) in [4.78, 5) is 26.4. The van der Waals surface area contributed by atoms with Crippen LogP contribution in [-0.4, -0.2) is 35.3 Å². The third-order valence-electron chi connectivity index (χ3n) is 5.76. The zero-order valence-corrected chi connectivity index (χ0v) is 17.9. The lowest BCUT2D eigenvalue weighted by atomic mass is 10.0. The van der Waals surface area contributed by atoms with Crippen molar-refractivity contribution in [3.63, 3.8) is 0 Å². The van der Waals surface area contributed by atoms with Crippen LogP contribution in [0, 0.1) is 5.82 Å². The quantitative estimate of drug-likeness (QED) is 0.671. The lowest BCUT2D eigenvalue weighted by Crippen LogP contribution is -2.46. The van der Waals surface area contributed by atoms with Gasteiger partial charge >= 0.3 is 5.97 Å². The van der Waals surface area contributed by atoms with Crippen molar-refractivity contribution in [3.05, 3.63) is 75.8 Å². The number of halogens is 1. The van der Waals surface area contributed by atoms with Crippen molar-refractivity contribution >= 4 is 22.6 Å². The molecule has 3 aromatic rings. The van der Waals surface area contributed by atoms with Gasteiger partial charge in [-0.05, 0) is 38.5 Å². The fourth-order valence-electron chi connectivity index (χ4n) is 4.23. The molecule has 1 atom stereocenters. The smallest absolute Gasteiger partial charge is 0.341 e. The number of carboxylic acid groups (broad SMARTS) is 1. The van der Waals surface area contributed by atoms with E-state index in [1.807, 2.05) is 56.0 Å². The monoisotopic (exact) mass is 423 g/mol. The number of pyridine rings is 1. The number of hydrogen-bond donors (Lipinski definition) is 2. The van der Waals surface area contributed by atoms with Crippen molar-refractivity contribution in [1.82, 2.24) is 9.88 Å². The molecule has 2 N–H and O–H groups in total. The number of fused-ring (bicyclic) bond motifs is 1. The second kappa shape index (κ2) is 7.81. The molecular weight excluding hydrogens is 397 g/mol. The molecule has 0 radical (unpaired) electrons. The van der Waals surface area contributed by atoms with Gasteiger partial charge in [-0.1, -0.05) is 30.3 Å². The first-order valence-electron chi connectivity index (χ1n) is 10.3. The molecule has 0 bridgehead atoms. The van der Waals surface area contributed by atoms with Gasteiger partial charge in [0, 0.05) is 36.8 Å². The number of nitrogens with one attached hydrogen (secondary N) is 1. The minimum absolute atomic E-state index is 0.0602. The van der Waals surface area contributed by atoms with E-state index in [1.165, 1.54) is 12.3 Å². The Bertz CT molecular complexity index is 1200. The number of benzene rings is 2. The van der Waals surface area contributed by atoms with Crippen LogP contribution in [0.1, 0.15) is 42.7 Å². The third kappa shape index (κ3) is 3.81. The molecule has 4 rings (SSSR count). The molecule has 1 fully saturated rings. The van der Waals surface area contributed by atoms with Crippen LogP contribution in [0.3, 0.4) is 0 Å². The molecular formula is C24H26FN3O3. The van der Waals surface area contributed by atoms with Gasteiger partial charge in [-0.3, -0.25) is 4.79 Å². The van der Waals surface area contributed by atoms with Crippen molar-refractivity contribution < 1.29 is 14.3 Å². The molecule has 0 saturated carbocycles. The zero-order valence-electron chi connectivity index (χ0n) is 17.9. The topological polar surface area (TPSA) is 74.6 Å². The summed E-state index contributed by atoms with van der Waals surface area (Å²) in [6.07, 6.45) is 1.36. The van der Waals surface area contributed by atoms with E-state index in [9.17, 15) is 14.7 Å². The average molecular weight is 423 g/mol. The van der Waals surface area contributed by atoms with Crippen LogP contribution < -0.4 is 15.6 Å². The summed E-state index contributed by atoms with van der Waals surface area (Å²) >= 11 is 0. The van der Waals surface area contributed by atoms with E-state index >= 15 is 4.39 Å². The summed E-state index contributed by atoms with van der Waals surface area (Å²) in [5, 5.41) is 12.9. The van der Waals surface area contributed by atoms with Crippen molar-refractivity contribution in [2.24, 2.45) is 0 Å². The van der Waals surface area contributed by atoms with Crippen LogP contribution >= 0.6 is 0 Å². The van der Waals surface area contributed by atoms with Crippen LogP contribution in [-0.2, 0) is 5.54 Å². The molecule has 7 heteroatoms. The van der Waals surface area contributed by atoms with Crippen molar-refractivity contribution in [2.75, 3.05) is 24.5 Å². The summed E-state index contributed by atoms with van der Waals surface area (Å²) in [6, 6.07) is 12.7. The molecule has 1 aromatic heterocycles. The standard InChI is InChI=1S/C24H26FN3O3/c1-24(2,3)28-14-17(23(30)31)22(29)16-11-18(25)20(12-19(16)28)27-10-9-26-13-21(27)15-7-5-4-6-8-15/h4-8,11-12,14,21,26H,9-10,13H2,1-3H3,(H,30,31). The van der Waals surface area contributed by atoms with Gasteiger partial charge in [-0.2, -0.15) is 0 Å². The molecule has 31 heavy (non-hydrogen) atoms. The number of anilines is 1. The largest absolute Gasteiger partial charge is 0.477 e. The van der Waals surface area contributed by atoms with E-state index in [-0.39, 0.29) is 17.0 Å². The van der Waals surface area contributed by atoms with Gasteiger partial charge in [0.25, 0.3) is 0 Å². The molecule has 0 amide bonds. The molecule has 1 unspecified atom stereocenters. The van der Waals surface area contributed by atoms with E-state index in [4.69, 9.17) is 0 Å². The molecule has 2 aromatic carbocycles. The lowest BCUT2D eigenvalue weighted by Gasteiger charge is -2.39. The first-order chi connectivity index (χ1) is 14.7. The van der Waals surface area contributed by atoms with Gasteiger partial charge < -0.3 is 19.9 Å². The summed E-state index contributed by atoms with van der Waals surface area (Å²) in [6.45, 7) is 7.75. The molecule has 0 aliphatic carbocycles. The Kier molecular flexibility index (Phi) is 5.31. The van der Waals surface area contributed by atoms with Gasteiger partial charge in [-0.25, -0.2) is 9.18 Å². The number of rotatable bonds is 3. The van der Waals surface area contributed by atoms with Gasteiger partial charge in [0.05, 0.1) is 17.2 Å². The highest BCUT2D eigenvalue weighted by molar-refractivity contribution is 5.93. The Hall–Kier alpha value is -3.19. The Morgan fingerprint density at radius 2 is 1.90 bits per heavy atom. The maximum atomic E-state index is 15.4. The molecule has 6 nitrogen and oxygen atoms in total. The molecule has 1 aliphatic heterocycles. The normalized spacial score (nSPS) is 17.2. The van der Waals surface area contributed by atoms with Gasteiger partial charge in [0.1, 0.15) is 11.4 Å². The van der Waals surface area contributed by atoms with Crippen LogP contribution in [0.4, 0.5) is 10.1 Å². The van der Waals surface area contributed by atoms with E-state index < -0.39 is 22.8 Å². The maximum Gasteiger partial charge on any atom is 0.341 e. The van der Waals surface area contributed by atoms with E-state index in [0.717, 1.165) is 5.56 Å². The lowest BCUT2D eigenvalue weighted by molar-refractivity contribution is 0.0694. The second-order valence-corrected chi connectivity index (χ2v) is 8.86. The van der Waals surface area contributed by atoms with Crippen LogP contribution in [0.15, 0.2) is 53.5 Å². The van der Waals surface area contributed by atoms with Gasteiger partial charge in [0.15, 0.2) is 0 Å². The maximum absolute atomic E-state index is 15.4. The van der Waals surface area contributed by atoms with E-state index in [1.54, 1.807) is 10.6 Å². The summed E-state index contributed by atoms with van der Waals surface area (Å²) in [5.74, 6) is -1.85. The van der Waals surface area contributed by atoms with Gasteiger partial charge in [-0.15, -0.1) is 0 Å². The Labute approximate surface area is 179 Å². The first kappa shape index (κ1) is 21.1. The highest BCUT2D eigenvalue weighted by Gasteiger charge is 2.28. The number of carboxylic acids is 1. The Morgan fingerprint density at radius 3 is 2.55 bits per heavy atom. The average Bonchev–Trinajstić information content (AvgIpc) is 2.73. The van der Waals surface area contributed by atoms with Crippen LogP contribution in [0.2, 0.25) is 0 Å². The fourth-order valence-corrected chi connectivity index (χ4v) is 4.23. The second-order valence-electron chi connectivity index (χ2n) is 8.86. The highest BCUT2D eigenvalue weighted by atomic mass is 19.1. The number of nitrogens with zero attached hydrogens (tertiary/aromatic N) is 2. The third-order valence-corrected chi connectivity index (χ3v) is 5.76. The predicted octanol–water partition coefficient (Wildman–Crippen LogP) is 3.74. The Morgan fingerprint density at radius 1 is 1.19 bits per heavy atom. The summed E-state index contributed by atoms with van der Waals surface area (Å²) in [7, 11) is 0. The number of carbonyl (C=O) groups is 1. The molecule has 2 heterocycles. The molecule has 1 saturated heterocycles. The minimum atomic E-state index is -1.32. The van der Waals surface area contributed by atoms with Crippen LogP contribution in [0.25, 0.3) is 10.9 Å². The Balaban J connectivity index is 1.95. The van der Waals surface area contributed by atoms with Crippen molar-refractivity contribution in [3.8, 4) is 0 Å². The summed E-state index contributed by atoms with van der Waals surface area (Å²) < 4.78 is 17.1. The fraction of sp³-hybridized carbons (Fsp3) is 0.333. The van der Waals surface area contributed by atoms with Crippen molar-refractivity contribution in [1.29, 1.82) is 0 Å². The number of aromatic nitrogens is 1. The highest BCUT2D eigenvalue weighted by Crippen LogP contribution is 2.34. The molecule has 162 valence electrons. The molecule has 1 aliphatic rings. The number of hydrogen-bond acceptors (Lipinski definition) is 4.